The summed E-state index contributed by atoms with van der Waals surface area (Å²) in [5.41, 5.74) is -0.0593. The molecule has 0 unspecified atom stereocenters. The molecule has 0 radical (unpaired) electrons. The molecule has 2 amide bonds. The minimum Gasteiger partial charge on any atom is -0.348 e. The summed E-state index contributed by atoms with van der Waals surface area (Å²) in [5.74, 6) is -2.64. The summed E-state index contributed by atoms with van der Waals surface area (Å²) in [4.78, 5) is 28.5. The van der Waals surface area contributed by atoms with E-state index in [9.17, 15) is 18.4 Å². The van der Waals surface area contributed by atoms with Crippen LogP contribution in [0, 0.1) is 11.6 Å². The molecule has 1 aromatic carbocycles. The predicted octanol–water partition coefficient (Wildman–Crippen LogP) is 3.28. The van der Waals surface area contributed by atoms with E-state index in [-0.39, 0.29) is 29.0 Å². The highest BCUT2D eigenvalue weighted by atomic mass is 19.1. The van der Waals surface area contributed by atoms with Crippen molar-refractivity contribution in [1.82, 2.24) is 10.3 Å². The normalized spacial score (nSPS) is 14.3. The van der Waals surface area contributed by atoms with Crippen molar-refractivity contribution in [3.8, 4) is 0 Å². The molecule has 0 saturated heterocycles. The van der Waals surface area contributed by atoms with Gasteiger partial charge in [0.25, 0.3) is 11.8 Å². The quantitative estimate of drug-likeness (QED) is 0.893. The molecule has 25 heavy (non-hydrogen) atoms. The number of nitrogens with zero attached hydrogens (tertiary/aromatic N) is 1. The lowest BCUT2D eigenvalue weighted by Crippen LogP contribution is -2.33. The molecule has 2 aromatic rings. The van der Waals surface area contributed by atoms with E-state index in [4.69, 9.17) is 0 Å². The number of benzene rings is 1. The van der Waals surface area contributed by atoms with Crippen molar-refractivity contribution in [3.63, 3.8) is 0 Å². The molecule has 3 rings (SSSR count). The van der Waals surface area contributed by atoms with Crippen LogP contribution in [0.5, 0.6) is 0 Å². The number of aromatic nitrogens is 1. The summed E-state index contributed by atoms with van der Waals surface area (Å²) in [7, 11) is 0. The fourth-order valence-electron chi connectivity index (χ4n) is 2.79. The standard InChI is InChI=1S/C18H17F2N3O2/c19-11-8-9-14(13(20)10-11)23-18(25)16-7-3-6-15(22-16)17(24)21-12-4-1-2-5-12/h3,6-10,12H,1-2,4-5H2,(H,21,24)(H,23,25). The number of pyridine rings is 1. The molecule has 2 N–H and O–H groups in total. The first-order chi connectivity index (χ1) is 12.0. The van der Waals surface area contributed by atoms with Gasteiger partial charge < -0.3 is 10.6 Å². The zero-order valence-corrected chi connectivity index (χ0v) is 13.4. The number of anilines is 1. The van der Waals surface area contributed by atoms with E-state index >= 15 is 0 Å². The molecule has 5 nitrogen and oxygen atoms in total. The van der Waals surface area contributed by atoms with Gasteiger partial charge in [0, 0.05) is 12.1 Å². The van der Waals surface area contributed by atoms with Crippen molar-refractivity contribution in [2.75, 3.05) is 5.32 Å². The molecule has 1 saturated carbocycles. The average Bonchev–Trinajstić information content (AvgIpc) is 3.10. The summed E-state index contributed by atoms with van der Waals surface area (Å²) in [5, 5.41) is 5.21. The average molecular weight is 345 g/mol. The Balaban J connectivity index is 1.71. The van der Waals surface area contributed by atoms with Gasteiger partial charge in [-0.05, 0) is 37.1 Å². The van der Waals surface area contributed by atoms with Gasteiger partial charge in [0.05, 0.1) is 5.69 Å². The molecule has 1 aliphatic carbocycles. The van der Waals surface area contributed by atoms with E-state index in [0.29, 0.717) is 6.07 Å². The van der Waals surface area contributed by atoms with Crippen molar-refractivity contribution in [2.24, 2.45) is 0 Å². The Morgan fingerprint density at radius 3 is 2.36 bits per heavy atom. The number of nitrogens with one attached hydrogen (secondary N) is 2. The minimum absolute atomic E-state index is 0.0252. The number of amides is 2. The number of halogens is 2. The Labute approximate surface area is 143 Å². The van der Waals surface area contributed by atoms with Crippen molar-refractivity contribution < 1.29 is 18.4 Å². The van der Waals surface area contributed by atoms with Crippen molar-refractivity contribution in [3.05, 3.63) is 59.4 Å². The van der Waals surface area contributed by atoms with Crippen LogP contribution in [0.25, 0.3) is 0 Å². The van der Waals surface area contributed by atoms with Crippen LogP contribution < -0.4 is 10.6 Å². The first kappa shape index (κ1) is 17.0. The Kier molecular flexibility index (Phi) is 5.02. The second-order valence-corrected chi connectivity index (χ2v) is 5.94. The maximum Gasteiger partial charge on any atom is 0.274 e. The van der Waals surface area contributed by atoms with Crippen molar-refractivity contribution in [1.29, 1.82) is 0 Å². The lowest BCUT2D eigenvalue weighted by Gasteiger charge is -2.12. The van der Waals surface area contributed by atoms with Crippen LogP contribution in [0.2, 0.25) is 0 Å². The highest BCUT2D eigenvalue weighted by Crippen LogP contribution is 2.18. The first-order valence-electron chi connectivity index (χ1n) is 8.07. The predicted molar refractivity (Wildman–Crippen MR) is 88.3 cm³/mol. The fourth-order valence-corrected chi connectivity index (χ4v) is 2.79. The summed E-state index contributed by atoms with van der Waals surface area (Å²) < 4.78 is 26.5. The van der Waals surface area contributed by atoms with E-state index in [0.717, 1.165) is 37.8 Å². The van der Waals surface area contributed by atoms with Crippen LogP contribution in [-0.2, 0) is 0 Å². The summed E-state index contributed by atoms with van der Waals surface area (Å²) in [6.07, 6.45) is 4.06. The van der Waals surface area contributed by atoms with Gasteiger partial charge in [-0.25, -0.2) is 13.8 Å². The van der Waals surface area contributed by atoms with E-state index in [1.807, 2.05) is 0 Å². The fraction of sp³-hybridized carbons (Fsp3) is 0.278. The highest BCUT2D eigenvalue weighted by Gasteiger charge is 2.19. The van der Waals surface area contributed by atoms with Gasteiger partial charge in [0.15, 0.2) is 0 Å². The molecule has 0 bridgehead atoms. The smallest absolute Gasteiger partial charge is 0.274 e. The number of carbonyl (C=O) groups excluding carboxylic acids is 2. The Hall–Kier alpha value is -2.83. The summed E-state index contributed by atoms with van der Waals surface area (Å²) in [6.45, 7) is 0. The largest absolute Gasteiger partial charge is 0.348 e. The van der Waals surface area contributed by atoms with Crippen LogP contribution >= 0.6 is 0 Å². The third kappa shape index (κ3) is 4.17. The molecule has 1 aliphatic rings. The topological polar surface area (TPSA) is 71.1 Å². The molecule has 0 spiro atoms. The monoisotopic (exact) mass is 345 g/mol. The molecule has 0 aliphatic heterocycles. The van der Waals surface area contributed by atoms with Crippen molar-refractivity contribution in [2.45, 2.75) is 31.7 Å². The maximum atomic E-state index is 13.6. The van der Waals surface area contributed by atoms with E-state index in [1.165, 1.54) is 18.2 Å². The third-order valence-corrected chi connectivity index (χ3v) is 4.08. The van der Waals surface area contributed by atoms with Crippen LogP contribution in [-0.4, -0.2) is 22.8 Å². The minimum atomic E-state index is -0.886. The zero-order valence-electron chi connectivity index (χ0n) is 13.4. The molecule has 130 valence electrons. The highest BCUT2D eigenvalue weighted by molar-refractivity contribution is 6.03. The number of hydrogen-bond acceptors (Lipinski definition) is 3. The van der Waals surface area contributed by atoms with Crippen LogP contribution in [0.4, 0.5) is 14.5 Å². The molecule has 1 heterocycles. The van der Waals surface area contributed by atoms with Gasteiger partial charge in [-0.1, -0.05) is 18.9 Å². The maximum absolute atomic E-state index is 13.6. The van der Waals surface area contributed by atoms with E-state index < -0.39 is 17.5 Å². The van der Waals surface area contributed by atoms with Gasteiger partial charge in [-0.2, -0.15) is 0 Å². The van der Waals surface area contributed by atoms with Crippen molar-refractivity contribution >= 4 is 17.5 Å². The van der Waals surface area contributed by atoms with Crippen LogP contribution in [0.3, 0.4) is 0 Å². The Morgan fingerprint density at radius 1 is 1.00 bits per heavy atom. The van der Waals surface area contributed by atoms with Gasteiger partial charge in [-0.15, -0.1) is 0 Å². The second-order valence-electron chi connectivity index (χ2n) is 5.94. The molecule has 1 aromatic heterocycles. The molecule has 0 atom stereocenters. The lowest BCUT2D eigenvalue weighted by atomic mass is 10.2. The number of carbonyl (C=O) groups is 2. The SMILES string of the molecule is O=C(Nc1ccc(F)cc1F)c1cccc(C(=O)NC2CCCC2)n1. The summed E-state index contributed by atoms with van der Waals surface area (Å²) in [6, 6.07) is 7.44. The lowest BCUT2D eigenvalue weighted by molar-refractivity contribution is 0.0932. The third-order valence-electron chi connectivity index (χ3n) is 4.08. The Bertz CT molecular complexity index is 805. The molecular weight excluding hydrogens is 328 g/mol. The van der Waals surface area contributed by atoms with Gasteiger partial charge in [0.1, 0.15) is 23.0 Å². The molecular formula is C18H17F2N3O2. The summed E-state index contributed by atoms with van der Waals surface area (Å²) >= 11 is 0. The van der Waals surface area contributed by atoms with Gasteiger partial charge in [-0.3, -0.25) is 9.59 Å². The first-order valence-corrected chi connectivity index (χ1v) is 8.07. The number of hydrogen-bond donors (Lipinski definition) is 2. The van der Waals surface area contributed by atoms with Crippen LogP contribution in [0.1, 0.15) is 46.7 Å². The zero-order chi connectivity index (χ0) is 17.8. The van der Waals surface area contributed by atoms with Crippen LogP contribution in [0.15, 0.2) is 36.4 Å². The second kappa shape index (κ2) is 7.38. The Morgan fingerprint density at radius 2 is 1.68 bits per heavy atom. The molecule has 1 fully saturated rings. The van der Waals surface area contributed by atoms with Gasteiger partial charge in [0.2, 0.25) is 0 Å². The van der Waals surface area contributed by atoms with E-state index in [2.05, 4.69) is 15.6 Å². The van der Waals surface area contributed by atoms with Gasteiger partial charge >= 0.3 is 0 Å². The number of rotatable bonds is 4. The molecule has 7 heteroatoms. The van der Waals surface area contributed by atoms with E-state index in [1.54, 1.807) is 0 Å².